The first-order valence-corrected chi connectivity index (χ1v) is 10.9. The molecule has 24 heavy (non-hydrogen) atoms. The Kier molecular flexibility index (Phi) is 4.87. The predicted molar refractivity (Wildman–Crippen MR) is 97.4 cm³/mol. The van der Waals surface area contributed by atoms with Crippen LogP contribution in [0.5, 0.6) is 0 Å². The summed E-state index contributed by atoms with van der Waals surface area (Å²) in [5.74, 6) is 2.07. The van der Waals surface area contributed by atoms with Crippen molar-refractivity contribution in [2.75, 3.05) is 5.75 Å². The Labute approximate surface area is 146 Å². The largest absolute Gasteiger partial charge is 0.299 e. The first-order chi connectivity index (χ1) is 11.3. The summed E-state index contributed by atoms with van der Waals surface area (Å²) in [7, 11) is -2.71. The minimum Gasteiger partial charge on any atom is -0.299 e. The molecular weight excluding hydrogens is 318 g/mol. The molecule has 0 heterocycles. The number of nitrogens with one attached hydrogen (secondary N) is 1. The van der Waals surface area contributed by atoms with E-state index in [1.165, 1.54) is 0 Å². The van der Waals surface area contributed by atoms with Gasteiger partial charge in [-0.3, -0.25) is 4.79 Å². The maximum Gasteiger partial charge on any atom is 0.136 e. The molecule has 0 radical (unpaired) electrons. The van der Waals surface area contributed by atoms with Crippen molar-refractivity contribution in [1.29, 1.82) is 4.78 Å². The average molecular weight is 348 g/mol. The van der Waals surface area contributed by atoms with Crippen LogP contribution in [-0.2, 0) is 14.5 Å². The minimum atomic E-state index is -2.71. The smallest absolute Gasteiger partial charge is 0.136 e. The van der Waals surface area contributed by atoms with Crippen molar-refractivity contribution >= 4 is 15.5 Å². The van der Waals surface area contributed by atoms with Gasteiger partial charge in [0.2, 0.25) is 0 Å². The summed E-state index contributed by atoms with van der Waals surface area (Å²) in [6.45, 7) is 4.54. The Morgan fingerprint density at radius 2 is 2.00 bits per heavy atom. The van der Waals surface area contributed by atoms with Crippen LogP contribution in [-0.4, -0.2) is 15.7 Å². The highest BCUT2D eigenvalue weighted by atomic mass is 32.2. The Morgan fingerprint density at radius 1 is 1.29 bits per heavy atom. The molecule has 4 heteroatoms. The van der Waals surface area contributed by atoms with Gasteiger partial charge >= 0.3 is 0 Å². The lowest BCUT2D eigenvalue weighted by Crippen LogP contribution is -2.39. The summed E-state index contributed by atoms with van der Waals surface area (Å²) >= 11 is 0. The van der Waals surface area contributed by atoms with Crippen molar-refractivity contribution < 1.29 is 9.00 Å². The molecule has 0 aromatic heterocycles. The maximum absolute atomic E-state index is 12.7. The summed E-state index contributed by atoms with van der Waals surface area (Å²) in [5.41, 5.74) is 0.129. The van der Waals surface area contributed by atoms with E-state index in [2.05, 4.69) is 13.8 Å². The number of rotatable bonds is 5. The van der Waals surface area contributed by atoms with E-state index in [1.807, 2.05) is 18.2 Å². The minimum absolute atomic E-state index is 0.129. The van der Waals surface area contributed by atoms with E-state index in [0.717, 1.165) is 38.5 Å². The topological polar surface area (TPSA) is 58.0 Å². The molecule has 1 aromatic rings. The van der Waals surface area contributed by atoms with E-state index in [0.29, 0.717) is 28.3 Å². The summed E-state index contributed by atoms with van der Waals surface area (Å²) in [6.07, 6.45) is 5.87. The van der Waals surface area contributed by atoms with Crippen molar-refractivity contribution in [2.24, 2.45) is 23.2 Å². The maximum atomic E-state index is 12.7. The van der Waals surface area contributed by atoms with Crippen LogP contribution in [0.25, 0.3) is 0 Å². The zero-order chi connectivity index (χ0) is 17.4. The van der Waals surface area contributed by atoms with Gasteiger partial charge in [0.1, 0.15) is 5.78 Å². The molecule has 0 spiro atoms. The van der Waals surface area contributed by atoms with Gasteiger partial charge < -0.3 is 0 Å². The highest BCUT2D eigenvalue weighted by Gasteiger charge is 2.52. The van der Waals surface area contributed by atoms with Gasteiger partial charge in [-0.15, -0.1) is 0 Å². The number of carbonyl (C=O) groups is 1. The number of ketones is 1. The lowest BCUT2D eigenvalue weighted by molar-refractivity contribution is -0.130. The molecule has 0 amide bonds. The van der Waals surface area contributed by atoms with Crippen molar-refractivity contribution in [3.05, 3.63) is 30.3 Å². The molecule has 2 aliphatic rings. The molecule has 3 rings (SSSR count). The fraction of sp³-hybridized carbons (Fsp3) is 0.650. The number of fused-ring (bicyclic) bond motifs is 1. The molecule has 0 bridgehead atoms. The lowest BCUT2D eigenvalue weighted by atomic mass is 9.62. The summed E-state index contributed by atoms with van der Waals surface area (Å²) < 4.78 is 21.0. The first kappa shape index (κ1) is 17.7. The fourth-order valence-corrected chi connectivity index (χ4v) is 6.75. The second-order valence-electron chi connectivity index (χ2n) is 8.02. The molecule has 1 N–H and O–H groups in total. The Morgan fingerprint density at radius 3 is 2.71 bits per heavy atom. The highest BCUT2D eigenvalue weighted by Crippen LogP contribution is 2.57. The SMILES string of the molecule is CC(CCS(=N)(=O)c1ccccc1)C1CCC2C(=O)CCCC21C. The molecule has 2 saturated carbocycles. The molecule has 1 aromatic carbocycles. The van der Waals surface area contributed by atoms with Crippen LogP contribution in [0.2, 0.25) is 0 Å². The van der Waals surface area contributed by atoms with Gasteiger partial charge in [-0.2, -0.15) is 0 Å². The molecule has 0 aliphatic heterocycles. The number of carbonyl (C=O) groups excluding carboxylic acids is 1. The van der Waals surface area contributed by atoms with E-state index in [1.54, 1.807) is 12.1 Å². The van der Waals surface area contributed by atoms with Gasteiger partial charge in [0.25, 0.3) is 0 Å². The Hall–Kier alpha value is -1.16. The third kappa shape index (κ3) is 3.17. The molecule has 5 atom stereocenters. The first-order valence-electron chi connectivity index (χ1n) is 9.19. The number of Topliss-reactive ketones (excluding diaryl/α,β-unsaturated/α-hetero) is 1. The van der Waals surface area contributed by atoms with Gasteiger partial charge in [0.15, 0.2) is 0 Å². The van der Waals surface area contributed by atoms with Crippen LogP contribution in [0, 0.1) is 27.9 Å². The van der Waals surface area contributed by atoms with E-state index < -0.39 is 9.73 Å². The second kappa shape index (κ2) is 6.62. The van der Waals surface area contributed by atoms with Crippen molar-refractivity contribution in [2.45, 2.75) is 57.3 Å². The molecule has 132 valence electrons. The zero-order valence-electron chi connectivity index (χ0n) is 14.8. The second-order valence-corrected chi connectivity index (χ2v) is 10.3. The van der Waals surface area contributed by atoms with Crippen LogP contribution in [0.1, 0.15) is 52.4 Å². The lowest BCUT2D eigenvalue weighted by Gasteiger charge is -2.42. The van der Waals surface area contributed by atoms with Crippen LogP contribution >= 0.6 is 0 Å². The van der Waals surface area contributed by atoms with E-state index in [9.17, 15) is 9.00 Å². The zero-order valence-corrected chi connectivity index (χ0v) is 15.6. The monoisotopic (exact) mass is 347 g/mol. The fourth-order valence-electron chi connectivity index (χ4n) is 5.22. The van der Waals surface area contributed by atoms with E-state index in [-0.39, 0.29) is 11.3 Å². The van der Waals surface area contributed by atoms with Crippen molar-refractivity contribution in [3.8, 4) is 0 Å². The third-order valence-corrected chi connectivity index (χ3v) is 8.45. The van der Waals surface area contributed by atoms with Crippen LogP contribution in [0.4, 0.5) is 0 Å². The van der Waals surface area contributed by atoms with Crippen LogP contribution in [0.15, 0.2) is 35.2 Å². The third-order valence-electron chi connectivity index (χ3n) is 6.61. The number of hydrogen-bond donors (Lipinski definition) is 1. The summed E-state index contributed by atoms with van der Waals surface area (Å²) in [4.78, 5) is 12.9. The summed E-state index contributed by atoms with van der Waals surface area (Å²) in [6, 6.07) is 9.19. The number of benzene rings is 1. The molecule has 3 nitrogen and oxygen atoms in total. The molecule has 5 unspecified atom stereocenters. The standard InChI is InChI=1S/C20H29NO2S/c1-15(12-14-24(21,23)16-7-4-3-5-8-16)17-10-11-18-19(22)9-6-13-20(17,18)2/h3-5,7-8,15,17-18,21H,6,9-14H2,1-2H3. The normalized spacial score (nSPS) is 33.7. The van der Waals surface area contributed by atoms with Gasteiger partial charge in [0, 0.05) is 23.0 Å². The molecule has 0 saturated heterocycles. The molecule has 2 aliphatic carbocycles. The molecule has 2 fully saturated rings. The molecular formula is C20H29NO2S. The predicted octanol–water partition coefficient (Wildman–Crippen LogP) is 4.90. The van der Waals surface area contributed by atoms with Gasteiger partial charge in [-0.25, -0.2) is 8.99 Å². The van der Waals surface area contributed by atoms with Crippen LogP contribution in [0.3, 0.4) is 0 Å². The highest BCUT2D eigenvalue weighted by molar-refractivity contribution is 7.92. The van der Waals surface area contributed by atoms with Crippen molar-refractivity contribution in [3.63, 3.8) is 0 Å². The Bertz CT molecular complexity index is 698. The van der Waals surface area contributed by atoms with Crippen LogP contribution < -0.4 is 0 Å². The van der Waals surface area contributed by atoms with Gasteiger partial charge in [0.05, 0.1) is 9.73 Å². The summed E-state index contributed by atoms with van der Waals surface area (Å²) in [5, 5.41) is 0. The van der Waals surface area contributed by atoms with Gasteiger partial charge in [-0.1, -0.05) is 32.0 Å². The van der Waals surface area contributed by atoms with E-state index in [4.69, 9.17) is 4.78 Å². The average Bonchev–Trinajstić information content (AvgIpc) is 2.92. The number of hydrogen-bond acceptors (Lipinski definition) is 3. The van der Waals surface area contributed by atoms with Crippen molar-refractivity contribution in [1.82, 2.24) is 0 Å². The quantitative estimate of drug-likeness (QED) is 0.823. The van der Waals surface area contributed by atoms with E-state index >= 15 is 0 Å². The Balaban J connectivity index is 1.67. The van der Waals surface area contributed by atoms with Gasteiger partial charge in [-0.05, 0) is 61.5 Å².